The molecule has 0 spiro atoms. The molecule has 0 amide bonds. The first-order valence-corrected chi connectivity index (χ1v) is 12.4. The summed E-state index contributed by atoms with van der Waals surface area (Å²) in [6.07, 6.45) is 0.999. The summed E-state index contributed by atoms with van der Waals surface area (Å²) in [5.74, 6) is -12.2. The summed E-state index contributed by atoms with van der Waals surface area (Å²) < 4.78 is 74.7. The van der Waals surface area contributed by atoms with Gasteiger partial charge in [-0.3, -0.25) is 4.79 Å². The summed E-state index contributed by atoms with van der Waals surface area (Å²) in [5.41, 5.74) is 3.59. The molecule has 0 saturated heterocycles. The Bertz CT molecular complexity index is 1700. The third-order valence-electron chi connectivity index (χ3n) is 7.32. The number of ether oxygens (including phenoxy) is 1. The largest absolute Gasteiger partial charge is 0.451 e. The highest BCUT2D eigenvalue weighted by Gasteiger charge is 2.41. The molecule has 1 atom stereocenters. The predicted molar refractivity (Wildman–Crippen MR) is 138 cm³/mol. The molecule has 4 aromatic carbocycles. The maximum Gasteiger partial charge on any atom is 0.207 e. The minimum absolute atomic E-state index is 0.0246. The van der Waals surface area contributed by atoms with Crippen LogP contribution in [-0.4, -0.2) is 5.78 Å². The van der Waals surface area contributed by atoms with Crippen molar-refractivity contribution in [2.24, 2.45) is 5.41 Å². The quantitative estimate of drug-likeness (QED) is 0.162. The zero-order chi connectivity index (χ0) is 27.6. The maximum atomic E-state index is 14.3. The molecule has 1 unspecified atom stereocenters. The molecular weight excluding hydrogens is 513 g/mol. The number of rotatable bonds is 3. The van der Waals surface area contributed by atoms with Crippen molar-refractivity contribution in [1.29, 1.82) is 0 Å². The SMILES string of the molecule is CC1(C)CC(=O)C2=C(C1)c1c(ccc3ccccc13)NC2c1cccc(Oc2c(F)c(F)c(F)c(F)c2F)c1. The van der Waals surface area contributed by atoms with E-state index >= 15 is 0 Å². The molecule has 198 valence electrons. The number of hydrogen-bond acceptors (Lipinski definition) is 3. The number of halogens is 5. The Kier molecular flexibility index (Phi) is 5.75. The van der Waals surface area contributed by atoms with Crippen LogP contribution in [0.1, 0.15) is 43.9 Å². The number of allylic oxidation sites excluding steroid dienone is 1. The molecule has 0 aromatic heterocycles. The number of carbonyl (C=O) groups is 1. The molecule has 1 N–H and O–H groups in total. The molecule has 1 aliphatic carbocycles. The van der Waals surface area contributed by atoms with E-state index in [9.17, 15) is 26.7 Å². The Morgan fingerprint density at radius 1 is 0.821 bits per heavy atom. The van der Waals surface area contributed by atoms with Crippen LogP contribution in [0.5, 0.6) is 11.5 Å². The summed E-state index contributed by atoms with van der Waals surface area (Å²) >= 11 is 0. The molecule has 4 aromatic rings. The highest BCUT2D eigenvalue weighted by molar-refractivity contribution is 6.12. The number of carbonyl (C=O) groups excluding carboxylic acids is 1. The van der Waals surface area contributed by atoms with Crippen LogP contribution >= 0.6 is 0 Å². The monoisotopic (exact) mass is 535 g/mol. The molecule has 2 aliphatic rings. The smallest absolute Gasteiger partial charge is 0.207 e. The molecule has 0 fully saturated rings. The molecule has 1 aliphatic heterocycles. The number of Topliss-reactive ketones (excluding diaryl/α,β-unsaturated/α-hetero) is 1. The van der Waals surface area contributed by atoms with Gasteiger partial charge in [0.25, 0.3) is 0 Å². The Morgan fingerprint density at radius 3 is 2.26 bits per heavy atom. The Balaban J connectivity index is 1.48. The van der Waals surface area contributed by atoms with E-state index in [2.05, 4.69) is 19.2 Å². The van der Waals surface area contributed by atoms with E-state index in [1.165, 1.54) is 18.2 Å². The maximum absolute atomic E-state index is 14.3. The summed E-state index contributed by atoms with van der Waals surface area (Å²) in [4.78, 5) is 13.6. The highest BCUT2D eigenvalue weighted by Crippen LogP contribution is 2.52. The average molecular weight is 536 g/mol. The Labute approximate surface area is 220 Å². The lowest BCUT2D eigenvalue weighted by Crippen LogP contribution is -2.33. The van der Waals surface area contributed by atoms with Crippen molar-refractivity contribution in [2.45, 2.75) is 32.7 Å². The number of fused-ring (bicyclic) bond motifs is 4. The van der Waals surface area contributed by atoms with Gasteiger partial charge in [0.1, 0.15) is 5.75 Å². The van der Waals surface area contributed by atoms with Crippen LogP contribution in [0, 0.1) is 34.5 Å². The van der Waals surface area contributed by atoms with Gasteiger partial charge >= 0.3 is 0 Å². The van der Waals surface area contributed by atoms with Crippen molar-refractivity contribution < 1.29 is 31.5 Å². The fraction of sp³-hybridized carbons (Fsp3) is 0.194. The molecular formula is C31H22F5NO2. The van der Waals surface area contributed by atoms with Gasteiger partial charge in [-0.25, -0.2) is 13.2 Å². The number of nitrogens with one attached hydrogen (secondary N) is 1. The van der Waals surface area contributed by atoms with Crippen molar-refractivity contribution in [3.63, 3.8) is 0 Å². The van der Waals surface area contributed by atoms with Crippen LogP contribution in [-0.2, 0) is 4.79 Å². The molecule has 0 radical (unpaired) electrons. The van der Waals surface area contributed by atoms with Crippen LogP contribution in [0.2, 0.25) is 0 Å². The first-order valence-electron chi connectivity index (χ1n) is 12.4. The summed E-state index contributed by atoms with van der Waals surface area (Å²) in [7, 11) is 0. The van der Waals surface area contributed by atoms with Crippen molar-refractivity contribution in [1.82, 2.24) is 0 Å². The number of anilines is 1. The second-order valence-corrected chi connectivity index (χ2v) is 10.7. The number of benzene rings is 4. The molecule has 39 heavy (non-hydrogen) atoms. The van der Waals surface area contributed by atoms with Crippen molar-refractivity contribution in [3.8, 4) is 11.5 Å². The van der Waals surface area contributed by atoms with Crippen LogP contribution in [0.4, 0.5) is 27.6 Å². The van der Waals surface area contributed by atoms with E-state index in [0.717, 1.165) is 27.6 Å². The zero-order valence-corrected chi connectivity index (χ0v) is 21.0. The minimum Gasteiger partial charge on any atom is -0.451 e. The van der Waals surface area contributed by atoms with E-state index in [0.29, 0.717) is 24.0 Å². The second kappa shape index (κ2) is 8.93. The first kappa shape index (κ1) is 25.1. The molecule has 0 saturated carbocycles. The third-order valence-corrected chi connectivity index (χ3v) is 7.32. The summed E-state index contributed by atoms with van der Waals surface area (Å²) in [6, 6.07) is 17.3. The predicted octanol–water partition coefficient (Wildman–Crippen LogP) is 8.64. The topological polar surface area (TPSA) is 38.3 Å². The normalized spacial score (nSPS) is 18.0. The van der Waals surface area contributed by atoms with Gasteiger partial charge in [0, 0.05) is 23.2 Å². The minimum atomic E-state index is -2.26. The van der Waals surface area contributed by atoms with Gasteiger partial charge < -0.3 is 10.1 Å². The molecule has 8 heteroatoms. The number of hydrogen-bond donors (Lipinski definition) is 1. The van der Waals surface area contributed by atoms with Gasteiger partial charge in [-0.05, 0) is 51.9 Å². The molecule has 1 heterocycles. The Morgan fingerprint density at radius 2 is 1.51 bits per heavy atom. The third kappa shape index (κ3) is 4.06. The van der Waals surface area contributed by atoms with Crippen LogP contribution < -0.4 is 10.1 Å². The lowest BCUT2D eigenvalue weighted by atomic mass is 9.68. The van der Waals surface area contributed by atoms with Crippen LogP contribution in [0.25, 0.3) is 16.3 Å². The van der Waals surface area contributed by atoms with Gasteiger partial charge in [0.05, 0.1) is 6.04 Å². The average Bonchev–Trinajstić information content (AvgIpc) is 2.92. The van der Waals surface area contributed by atoms with Gasteiger partial charge in [-0.1, -0.05) is 56.3 Å². The van der Waals surface area contributed by atoms with Crippen molar-refractivity contribution >= 4 is 27.8 Å². The zero-order valence-electron chi connectivity index (χ0n) is 21.0. The van der Waals surface area contributed by atoms with Gasteiger partial charge in [0.2, 0.25) is 34.8 Å². The number of ketones is 1. The first-order chi connectivity index (χ1) is 18.6. The van der Waals surface area contributed by atoms with E-state index in [1.807, 2.05) is 36.4 Å². The Hall–Kier alpha value is -4.20. The van der Waals surface area contributed by atoms with Crippen molar-refractivity contribution in [3.05, 3.63) is 106 Å². The van der Waals surface area contributed by atoms with E-state index in [1.54, 1.807) is 6.07 Å². The summed E-state index contributed by atoms with van der Waals surface area (Å²) in [6.45, 7) is 4.10. The highest BCUT2D eigenvalue weighted by atomic mass is 19.2. The summed E-state index contributed by atoms with van der Waals surface area (Å²) in [5, 5.41) is 5.51. The lowest BCUT2D eigenvalue weighted by Gasteiger charge is -2.40. The van der Waals surface area contributed by atoms with Crippen molar-refractivity contribution in [2.75, 3.05) is 5.32 Å². The second-order valence-electron chi connectivity index (χ2n) is 10.7. The van der Waals surface area contributed by atoms with Crippen LogP contribution in [0.3, 0.4) is 0 Å². The molecule has 0 bridgehead atoms. The van der Waals surface area contributed by atoms with Crippen LogP contribution in [0.15, 0.2) is 66.2 Å². The standard InChI is InChI=1S/C31H22F5NO2/c1-31(2)13-19-22-18-9-4-3-6-15(18)10-11-20(22)37-29(23(19)21(38)14-31)16-7-5-8-17(12-16)39-30-27(35)25(33)24(32)26(34)28(30)36/h3-12,29,37H,13-14H2,1-2H3. The van der Waals surface area contributed by atoms with Gasteiger partial charge in [-0.2, -0.15) is 8.78 Å². The lowest BCUT2D eigenvalue weighted by molar-refractivity contribution is -0.118. The molecule has 6 rings (SSSR count). The van der Waals surface area contributed by atoms with E-state index in [-0.39, 0.29) is 16.9 Å². The fourth-order valence-corrected chi connectivity index (χ4v) is 5.64. The van der Waals surface area contributed by atoms with E-state index < -0.39 is 40.9 Å². The molecule has 3 nitrogen and oxygen atoms in total. The van der Waals surface area contributed by atoms with E-state index in [4.69, 9.17) is 4.74 Å². The van der Waals surface area contributed by atoms with Gasteiger partial charge in [0.15, 0.2) is 5.78 Å². The fourth-order valence-electron chi connectivity index (χ4n) is 5.64. The van der Waals surface area contributed by atoms with Gasteiger partial charge in [-0.15, -0.1) is 0 Å².